The molecule has 5 nitrogen and oxygen atoms in total. The van der Waals surface area contributed by atoms with Gasteiger partial charge >= 0.3 is 5.97 Å². The van der Waals surface area contributed by atoms with E-state index in [9.17, 15) is 4.79 Å². The summed E-state index contributed by atoms with van der Waals surface area (Å²) in [5.41, 5.74) is 2.66. The van der Waals surface area contributed by atoms with Gasteiger partial charge in [-0.05, 0) is 23.8 Å². The van der Waals surface area contributed by atoms with Gasteiger partial charge in [0.2, 0.25) is 0 Å². The largest absolute Gasteiger partial charge is 0.489 e. The Morgan fingerprint density at radius 3 is 2.91 bits per heavy atom. The monoisotopic (exact) mass is 374 g/mol. The van der Waals surface area contributed by atoms with E-state index < -0.39 is 5.97 Å². The number of carbonyl (C=O) groups is 1. The molecule has 0 unspecified atom stereocenters. The van der Waals surface area contributed by atoms with E-state index in [4.69, 9.17) is 9.84 Å². The smallest absolute Gasteiger partial charge is 0.307 e. The minimum atomic E-state index is -0.875. The predicted molar refractivity (Wildman–Crippen MR) is 90.5 cm³/mol. The highest BCUT2D eigenvalue weighted by molar-refractivity contribution is 9.10. The summed E-state index contributed by atoms with van der Waals surface area (Å²) in [5, 5.41) is 14.3. The average Bonchev–Trinajstić information content (AvgIpc) is 2.88. The van der Waals surface area contributed by atoms with Crippen molar-refractivity contribution in [3.8, 4) is 5.75 Å². The number of para-hydroxylation sites is 1. The molecule has 0 spiro atoms. The zero-order chi connectivity index (χ0) is 16.4. The van der Waals surface area contributed by atoms with Crippen LogP contribution in [0.25, 0.3) is 10.9 Å². The Bertz CT molecular complexity index is 873. The highest BCUT2D eigenvalue weighted by Gasteiger charge is 2.10. The van der Waals surface area contributed by atoms with Gasteiger partial charge in [0, 0.05) is 22.5 Å². The molecule has 0 radical (unpaired) electrons. The molecule has 1 heterocycles. The minimum absolute atomic E-state index is 0.0549. The van der Waals surface area contributed by atoms with Crippen LogP contribution in [-0.4, -0.2) is 20.9 Å². The van der Waals surface area contributed by atoms with Gasteiger partial charge in [-0.2, -0.15) is 5.10 Å². The Morgan fingerprint density at radius 1 is 1.35 bits per heavy atom. The average molecular weight is 375 g/mol. The standard InChI is InChI=1S/C17H15BrN2O3/c1-20-15-7-11(6-14(18)13(15)9-19-20)10-23-16-5-3-2-4-12(16)8-17(21)22/h2-7,9H,8,10H2,1H3,(H,21,22). The molecule has 0 fully saturated rings. The molecule has 0 saturated carbocycles. The predicted octanol–water partition coefficient (Wildman–Crippen LogP) is 3.54. The van der Waals surface area contributed by atoms with E-state index in [2.05, 4.69) is 21.0 Å². The van der Waals surface area contributed by atoms with Crippen LogP contribution in [0.5, 0.6) is 5.75 Å². The first kappa shape index (κ1) is 15.6. The Labute approximate surface area is 141 Å². The van der Waals surface area contributed by atoms with Gasteiger partial charge in [0.05, 0.1) is 18.1 Å². The number of nitrogens with zero attached hydrogens (tertiary/aromatic N) is 2. The summed E-state index contributed by atoms with van der Waals surface area (Å²) < 4.78 is 8.60. The first-order valence-electron chi connectivity index (χ1n) is 7.07. The van der Waals surface area contributed by atoms with Gasteiger partial charge in [-0.25, -0.2) is 0 Å². The Hall–Kier alpha value is -2.34. The van der Waals surface area contributed by atoms with Crippen LogP contribution in [0.3, 0.4) is 0 Å². The SMILES string of the molecule is Cn1ncc2c(Br)cc(COc3ccccc3CC(=O)O)cc21. The van der Waals surface area contributed by atoms with E-state index in [-0.39, 0.29) is 6.42 Å². The molecule has 0 saturated heterocycles. The second kappa shape index (κ2) is 6.42. The van der Waals surface area contributed by atoms with Gasteiger partial charge in [-0.1, -0.05) is 34.1 Å². The molecule has 0 aliphatic carbocycles. The lowest BCUT2D eigenvalue weighted by Gasteiger charge is -2.11. The van der Waals surface area contributed by atoms with Gasteiger partial charge in [0.1, 0.15) is 12.4 Å². The van der Waals surface area contributed by atoms with Crippen LogP contribution >= 0.6 is 15.9 Å². The molecule has 6 heteroatoms. The molecule has 0 aliphatic rings. The maximum Gasteiger partial charge on any atom is 0.307 e. The molecule has 3 rings (SSSR count). The number of aliphatic carboxylic acids is 1. The van der Waals surface area contributed by atoms with E-state index >= 15 is 0 Å². The molecule has 2 aromatic carbocycles. The van der Waals surface area contributed by atoms with Crippen molar-refractivity contribution < 1.29 is 14.6 Å². The summed E-state index contributed by atoms with van der Waals surface area (Å²) in [7, 11) is 1.89. The van der Waals surface area contributed by atoms with Crippen LogP contribution in [-0.2, 0) is 24.9 Å². The van der Waals surface area contributed by atoms with Crippen molar-refractivity contribution in [2.24, 2.45) is 7.05 Å². The Kier molecular flexibility index (Phi) is 4.34. The van der Waals surface area contributed by atoms with Gasteiger partial charge in [0.15, 0.2) is 0 Å². The number of benzene rings is 2. The number of halogens is 1. The number of aromatic nitrogens is 2. The first-order valence-corrected chi connectivity index (χ1v) is 7.86. The summed E-state index contributed by atoms with van der Waals surface area (Å²) >= 11 is 3.55. The normalized spacial score (nSPS) is 10.9. The fourth-order valence-electron chi connectivity index (χ4n) is 2.46. The first-order chi connectivity index (χ1) is 11.0. The second-order valence-electron chi connectivity index (χ2n) is 5.25. The lowest BCUT2D eigenvalue weighted by Crippen LogP contribution is -2.04. The van der Waals surface area contributed by atoms with Crippen molar-refractivity contribution in [3.05, 3.63) is 58.2 Å². The number of aryl methyl sites for hydroxylation is 1. The molecule has 118 valence electrons. The lowest BCUT2D eigenvalue weighted by atomic mass is 10.1. The molecular weight excluding hydrogens is 360 g/mol. The summed E-state index contributed by atoms with van der Waals surface area (Å²) in [6, 6.07) is 11.2. The number of carboxylic acid groups (broad SMARTS) is 1. The van der Waals surface area contributed by atoms with Crippen LogP contribution in [0.1, 0.15) is 11.1 Å². The van der Waals surface area contributed by atoms with Gasteiger partial charge < -0.3 is 9.84 Å². The van der Waals surface area contributed by atoms with Gasteiger partial charge in [-0.3, -0.25) is 9.48 Å². The summed E-state index contributed by atoms with van der Waals surface area (Å²) in [6.45, 7) is 0.357. The van der Waals surface area contributed by atoms with E-state index in [1.807, 2.05) is 42.2 Å². The highest BCUT2D eigenvalue weighted by Crippen LogP contribution is 2.27. The van der Waals surface area contributed by atoms with Crippen LogP contribution in [0.4, 0.5) is 0 Å². The summed E-state index contributed by atoms with van der Waals surface area (Å²) in [6.07, 6.45) is 1.76. The lowest BCUT2D eigenvalue weighted by molar-refractivity contribution is -0.136. The van der Waals surface area contributed by atoms with Crippen molar-refractivity contribution in [1.82, 2.24) is 9.78 Å². The number of fused-ring (bicyclic) bond motifs is 1. The zero-order valence-electron chi connectivity index (χ0n) is 12.5. The molecule has 1 N–H and O–H groups in total. The number of rotatable bonds is 5. The van der Waals surface area contributed by atoms with Crippen LogP contribution in [0.15, 0.2) is 47.1 Å². The van der Waals surface area contributed by atoms with E-state index in [0.29, 0.717) is 17.9 Å². The van der Waals surface area contributed by atoms with Crippen molar-refractivity contribution >= 4 is 32.8 Å². The quantitative estimate of drug-likeness (QED) is 0.741. The maximum atomic E-state index is 10.9. The van der Waals surface area contributed by atoms with Gasteiger partial charge in [-0.15, -0.1) is 0 Å². The summed E-state index contributed by atoms with van der Waals surface area (Å²) in [4.78, 5) is 10.9. The third-order valence-corrected chi connectivity index (χ3v) is 4.24. The zero-order valence-corrected chi connectivity index (χ0v) is 14.1. The Morgan fingerprint density at radius 2 is 2.13 bits per heavy atom. The number of hydrogen-bond donors (Lipinski definition) is 1. The number of ether oxygens (including phenoxy) is 1. The van der Waals surface area contributed by atoms with Crippen molar-refractivity contribution in [2.75, 3.05) is 0 Å². The third-order valence-electron chi connectivity index (χ3n) is 3.58. The molecule has 0 amide bonds. The Balaban J connectivity index is 1.84. The molecule has 23 heavy (non-hydrogen) atoms. The second-order valence-corrected chi connectivity index (χ2v) is 6.10. The number of hydrogen-bond acceptors (Lipinski definition) is 3. The molecule has 0 atom stereocenters. The summed E-state index contributed by atoms with van der Waals surface area (Å²) in [5.74, 6) is -0.281. The van der Waals surface area contributed by atoms with Crippen LogP contribution in [0.2, 0.25) is 0 Å². The highest BCUT2D eigenvalue weighted by atomic mass is 79.9. The van der Waals surface area contributed by atoms with E-state index in [1.165, 1.54) is 0 Å². The van der Waals surface area contributed by atoms with Crippen LogP contribution in [0, 0.1) is 0 Å². The maximum absolute atomic E-state index is 10.9. The molecule has 3 aromatic rings. The van der Waals surface area contributed by atoms with E-state index in [1.54, 1.807) is 12.1 Å². The minimum Gasteiger partial charge on any atom is -0.489 e. The van der Waals surface area contributed by atoms with Crippen LogP contribution < -0.4 is 4.74 Å². The molecule has 0 bridgehead atoms. The van der Waals surface area contributed by atoms with Crippen molar-refractivity contribution in [2.45, 2.75) is 13.0 Å². The molecule has 0 aliphatic heterocycles. The fraction of sp³-hybridized carbons (Fsp3) is 0.176. The third kappa shape index (κ3) is 3.37. The number of carboxylic acids is 1. The molecule has 1 aromatic heterocycles. The van der Waals surface area contributed by atoms with Crippen molar-refractivity contribution in [3.63, 3.8) is 0 Å². The fourth-order valence-corrected chi connectivity index (χ4v) is 3.06. The van der Waals surface area contributed by atoms with Gasteiger partial charge in [0.25, 0.3) is 0 Å². The topological polar surface area (TPSA) is 64.4 Å². The van der Waals surface area contributed by atoms with E-state index in [0.717, 1.165) is 20.9 Å². The van der Waals surface area contributed by atoms with Crippen molar-refractivity contribution in [1.29, 1.82) is 0 Å². The molecular formula is C17H15BrN2O3.